The Kier molecular flexibility index (Phi) is 15.2. The number of allylic oxidation sites excluding steroid dienone is 1. The lowest BCUT2D eigenvalue weighted by Gasteiger charge is -2.21. The quantitative estimate of drug-likeness (QED) is 0.239. The Morgan fingerprint density at radius 2 is 1.68 bits per heavy atom. The number of aliphatic hydroxyl groups excluding tert-OH is 1. The molecule has 25 heavy (non-hydrogen) atoms. The van der Waals surface area contributed by atoms with Crippen LogP contribution in [0.25, 0.3) is 0 Å². The van der Waals surface area contributed by atoms with E-state index in [1.54, 1.807) is 0 Å². The van der Waals surface area contributed by atoms with E-state index in [1.807, 2.05) is 6.08 Å². The number of aliphatic hydroxyl groups is 1. The van der Waals surface area contributed by atoms with E-state index in [4.69, 9.17) is 9.84 Å². The van der Waals surface area contributed by atoms with Gasteiger partial charge in [-0.25, -0.2) is 0 Å². The smallest absolute Gasteiger partial charge is 0.303 e. The SMILES string of the molecule is CCCCCC(O)C(CC=CCCCCCCCC(=O)O)OC(C)=O. The molecule has 0 fully saturated rings. The summed E-state index contributed by atoms with van der Waals surface area (Å²) < 4.78 is 5.25. The fourth-order valence-electron chi connectivity index (χ4n) is 2.70. The summed E-state index contributed by atoms with van der Waals surface area (Å²) in [7, 11) is 0. The van der Waals surface area contributed by atoms with E-state index in [0.717, 1.165) is 57.8 Å². The third kappa shape index (κ3) is 15.9. The summed E-state index contributed by atoms with van der Waals surface area (Å²) >= 11 is 0. The zero-order chi connectivity index (χ0) is 18.9. The molecular weight excluding hydrogens is 320 g/mol. The van der Waals surface area contributed by atoms with Gasteiger partial charge in [0.2, 0.25) is 0 Å². The van der Waals surface area contributed by atoms with Gasteiger partial charge in [0.1, 0.15) is 6.10 Å². The van der Waals surface area contributed by atoms with E-state index in [0.29, 0.717) is 12.8 Å². The minimum Gasteiger partial charge on any atom is -0.481 e. The second kappa shape index (κ2) is 16.1. The van der Waals surface area contributed by atoms with Crippen LogP contribution in [0.4, 0.5) is 0 Å². The number of hydrogen-bond donors (Lipinski definition) is 2. The zero-order valence-corrected chi connectivity index (χ0v) is 15.9. The van der Waals surface area contributed by atoms with Gasteiger partial charge in [-0.05, 0) is 25.7 Å². The number of carbonyl (C=O) groups excluding carboxylic acids is 1. The summed E-state index contributed by atoms with van der Waals surface area (Å²) in [5.74, 6) is -1.07. The second-order valence-electron chi connectivity index (χ2n) is 6.62. The first-order chi connectivity index (χ1) is 12.0. The monoisotopic (exact) mass is 356 g/mol. The standard InChI is InChI=1S/C20H36O5/c1-3-4-11-14-18(22)19(25-17(2)21)15-12-9-7-5-6-8-10-13-16-20(23)24/h9,12,18-19,22H,3-8,10-11,13-16H2,1-2H3,(H,23,24). The van der Waals surface area contributed by atoms with E-state index in [2.05, 4.69) is 13.0 Å². The van der Waals surface area contributed by atoms with Crippen molar-refractivity contribution in [2.75, 3.05) is 0 Å². The Hall–Kier alpha value is -1.36. The van der Waals surface area contributed by atoms with Crippen LogP contribution in [0, 0.1) is 0 Å². The third-order valence-electron chi connectivity index (χ3n) is 4.15. The predicted molar refractivity (Wildman–Crippen MR) is 99.4 cm³/mol. The van der Waals surface area contributed by atoms with Crippen molar-refractivity contribution in [3.8, 4) is 0 Å². The van der Waals surface area contributed by atoms with E-state index >= 15 is 0 Å². The number of unbranched alkanes of at least 4 members (excludes halogenated alkanes) is 7. The predicted octanol–water partition coefficient (Wildman–Crippen LogP) is 4.62. The molecule has 146 valence electrons. The Morgan fingerprint density at radius 3 is 2.32 bits per heavy atom. The summed E-state index contributed by atoms with van der Waals surface area (Å²) in [4.78, 5) is 21.6. The average molecular weight is 357 g/mol. The molecule has 0 aromatic heterocycles. The molecule has 0 heterocycles. The van der Waals surface area contributed by atoms with Gasteiger partial charge in [0.25, 0.3) is 0 Å². The van der Waals surface area contributed by atoms with Gasteiger partial charge in [-0.3, -0.25) is 9.59 Å². The first kappa shape index (κ1) is 23.6. The van der Waals surface area contributed by atoms with Gasteiger partial charge in [-0.1, -0.05) is 57.6 Å². The molecular formula is C20H36O5. The van der Waals surface area contributed by atoms with Crippen molar-refractivity contribution in [1.82, 2.24) is 0 Å². The maximum absolute atomic E-state index is 11.2. The molecule has 0 aliphatic heterocycles. The summed E-state index contributed by atoms with van der Waals surface area (Å²) in [5, 5.41) is 18.7. The highest BCUT2D eigenvalue weighted by Crippen LogP contribution is 2.14. The highest BCUT2D eigenvalue weighted by molar-refractivity contribution is 5.66. The fraction of sp³-hybridized carbons (Fsp3) is 0.800. The minimum absolute atomic E-state index is 0.262. The van der Waals surface area contributed by atoms with E-state index < -0.39 is 18.2 Å². The van der Waals surface area contributed by atoms with Crippen LogP contribution < -0.4 is 0 Å². The van der Waals surface area contributed by atoms with Gasteiger partial charge < -0.3 is 14.9 Å². The normalized spacial score (nSPS) is 13.7. The van der Waals surface area contributed by atoms with Crippen LogP contribution in [-0.4, -0.2) is 34.4 Å². The molecule has 5 nitrogen and oxygen atoms in total. The lowest BCUT2D eigenvalue weighted by molar-refractivity contribution is -0.152. The lowest BCUT2D eigenvalue weighted by atomic mass is 10.0. The van der Waals surface area contributed by atoms with Crippen molar-refractivity contribution < 1.29 is 24.5 Å². The van der Waals surface area contributed by atoms with Crippen molar-refractivity contribution in [1.29, 1.82) is 0 Å². The van der Waals surface area contributed by atoms with Crippen molar-refractivity contribution in [2.45, 2.75) is 103 Å². The first-order valence-electron chi connectivity index (χ1n) is 9.69. The van der Waals surface area contributed by atoms with Crippen LogP contribution >= 0.6 is 0 Å². The summed E-state index contributed by atoms with van der Waals surface area (Å²) in [5.41, 5.74) is 0. The first-order valence-corrected chi connectivity index (χ1v) is 9.69. The Labute approximate surface area is 152 Å². The maximum Gasteiger partial charge on any atom is 0.303 e. The van der Waals surface area contributed by atoms with E-state index in [-0.39, 0.29) is 12.4 Å². The molecule has 0 aliphatic rings. The fourth-order valence-corrected chi connectivity index (χ4v) is 2.70. The average Bonchev–Trinajstić information content (AvgIpc) is 2.54. The highest BCUT2D eigenvalue weighted by Gasteiger charge is 2.20. The summed E-state index contributed by atoms with van der Waals surface area (Å²) in [6, 6.07) is 0. The maximum atomic E-state index is 11.2. The van der Waals surface area contributed by atoms with Crippen molar-refractivity contribution in [3.63, 3.8) is 0 Å². The Bertz CT molecular complexity index is 378. The second-order valence-corrected chi connectivity index (χ2v) is 6.62. The minimum atomic E-state index is -0.720. The topological polar surface area (TPSA) is 83.8 Å². The van der Waals surface area contributed by atoms with Gasteiger partial charge >= 0.3 is 11.9 Å². The molecule has 0 aromatic rings. The molecule has 0 spiro atoms. The number of aliphatic carboxylic acids is 1. The zero-order valence-electron chi connectivity index (χ0n) is 15.9. The number of carboxylic acids is 1. The molecule has 5 heteroatoms. The Morgan fingerprint density at radius 1 is 1.00 bits per heavy atom. The molecule has 0 saturated heterocycles. The molecule has 0 aromatic carbocycles. The largest absolute Gasteiger partial charge is 0.481 e. The van der Waals surface area contributed by atoms with Crippen LogP contribution in [0.5, 0.6) is 0 Å². The molecule has 2 unspecified atom stereocenters. The van der Waals surface area contributed by atoms with Gasteiger partial charge in [-0.15, -0.1) is 0 Å². The lowest BCUT2D eigenvalue weighted by Crippen LogP contribution is -2.30. The number of ether oxygens (including phenoxy) is 1. The molecule has 0 radical (unpaired) electrons. The van der Waals surface area contributed by atoms with Crippen LogP contribution in [0.15, 0.2) is 12.2 Å². The molecule has 2 N–H and O–H groups in total. The molecule has 0 aliphatic carbocycles. The van der Waals surface area contributed by atoms with E-state index in [1.165, 1.54) is 6.92 Å². The Balaban J connectivity index is 3.89. The van der Waals surface area contributed by atoms with E-state index in [9.17, 15) is 14.7 Å². The molecule has 0 saturated carbocycles. The van der Waals surface area contributed by atoms with Crippen molar-refractivity contribution >= 4 is 11.9 Å². The number of esters is 1. The number of carboxylic acid groups (broad SMARTS) is 1. The van der Waals surface area contributed by atoms with Crippen LogP contribution in [0.2, 0.25) is 0 Å². The highest BCUT2D eigenvalue weighted by atomic mass is 16.6. The van der Waals surface area contributed by atoms with Crippen LogP contribution in [0.3, 0.4) is 0 Å². The van der Waals surface area contributed by atoms with Gasteiger partial charge in [0, 0.05) is 19.8 Å². The van der Waals surface area contributed by atoms with Gasteiger partial charge in [0.05, 0.1) is 6.10 Å². The van der Waals surface area contributed by atoms with Gasteiger partial charge in [0.15, 0.2) is 0 Å². The summed E-state index contributed by atoms with van der Waals surface area (Å²) in [6.07, 6.45) is 13.5. The number of carbonyl (C=O) groups is 2. The summed E-state index contributed by atoms with van der Waals surface area (Å²) in [6.45, 7) is 3.49. The van der Waals surface area contributed by atoms with Crippen LogP contribution in [0.1, 0.15) is 90.9 Å². The third-order valence-corrected chi connectivity index (χ3v) is 4.15. The van der Waals surface area contributed by atoms with Crippen molar-refractivity contribution in [3.05, 3.63) is 12.2 Å². The number of hydrogen-bond acceptors (Lipinski definition) is 4. The molecule has 0 amide bonds. The number of rotatable bonds is 16. The van der Waals surface area contributed by atoms with Crippen molar-refractivity contribution in [2.24, 2.45) is 0 Å². The molecule has 0 bridgehead atoms. The van der Waals surface area contributed by atoms with Crippen LogP contribution in [-0.2, 0) is 14.3 Å². The van der Waals surface area contributed by atoms with Gasteiger partial charge in [-0.2, -0.15) is 0 Å². The molecule has 2 atom stereocenters. The molecule has 0 rings (SSSR count).